The Kier molecular flexibility index (Phi) is 5.67. The Hall–Kier alpha value is -2.67. The Morgan fingerprint density at radius 3 is 2.83 bits per heavy atom. The zero-order valence-electron chi connectivity index (χ0n) is 16.5. The minimum Gasteiger partial charge on any atom is -0.488 e. The first-order valence-electron chi connectivity index (χ1n) is 10.1. The molecule has 0 spiro atoms. The highest BCUT2D eigenvalue weighted by Crippen LogP contribution is 2.34. The lowest BCUT2D eigenvalue weighted by Crippen LogP contribution is -2.45. The number of carbonyl (C=O) groups excluding carboxylic acids is 1. The molecule has 4 rings (SSSR count). The molecule has 1 saturated carbocycles. The van der Waals surface area contributed by atoms with E-state index in [1.54, 1.807) is 18.2 Å². The van der Waals surface area contributed by atoms with Crippen LogP contribution in [0.1, 0.15) is 47.3 Å². The number of aromatic nitrogens is 1. The first kappa shape index (κ1) is 19.6. The molecule has 1 fully saturated rings. The summed E-state index contributed by atoms with van der Waals surface area (Å²) in [6.45, 7) is 1.23. The highest BCUT2D eigenvalue weighted by atomic mass is 19.1. The van der Waals surface area contributed by atoms with Gasteiger partial charge in [-0.1, -0.05) is 25.0 Å². The number of ether oxygens (including phenoxy) is 1. The van der Waals surface area contributed by atoms with Gasteiger partial charge in [0, 0.05) is 19.0 Å². The smallest absolute Gasteiger partial charge is 0.270 e. The number of fused-ring (bicyclic) bond motifs is 1. The van der Waals surface area contributed by atoms with Gasteiger partial charge in [-0.05, 0) is 36.6 Å². The van der Waals surface area contributed by atoms with Gasteiger partial charge in [0.1, 0.15) is 18.1 Å². The van der Waals surface area contributed by atoms with Gasteiger partial charge < -0.3 is 20.1 Å². The molecule has 0 saturated heterocycles. The molecule has 2 heterocycles. The molecule has 2 aromatic rings. The predicted molar refractivity (Wildman–Crippen MR) is 108 cm³/mol. The summed E-state index contributed by atoms with van der Waals surface area (Å²) in [6.07, 6.45) is 3.43. The van der Waals surface area contributed by atoms with E-state index in [0.717, 1.165) is 30.4 Å². The van der Waals surface area contributed by atoms with Gasteiger partial charge in [-0.2, -0.15) is 0 Å². The molecule has 0 bridgehead atoms. The summed E-state index contributed by atoms with van der Waals surface area (Å²) in [6, 6.07) is 7.80. The van der Waals surface area contributed by atoms with Crippen LogP contribution in [0.15, 0.2) is 30.3 Å². The second-order valence-electron chi connectivity index (χ2n) is 7.82. The van der Waals surface area contributed by atoms with E-state index in [2.05, 4.69) is 10.3 Å². The van der Waals surface area contributed by atoms with Gasteiger partial charge in [-0.15, -0.1) is 0 Å². The molecule has 0 unspecified atom stereocenters. The molecule has 1 aliphatic carbocycles. The summed E-state index contributed by atoms with van der Waals surface area (Å²) in [7, 11) is 1.92. The third-order valence-electron chi connectivity index (χ3n) is 5.65. The van der Waals surface area contributed by atoms with Crippen LogP contribution in [0.3, 0.4) is 0 Å². The lowest BCUT2D eigenvalue weighted by atomic mass is 9.92. The zero-order valence-corrected chi connectivity index (χ0v) is 16.5. The molecule has 2 aliphatic rings. The van der Waals surface area contributed by atoms with Gasteiger partial charge in [0.05, 0.1) is 18.7 Å². The van der Waals surface area contributed by atoms with Crippen LogP contribution in [0.2, 0.25) is 0 Å². The molecule has 6 nitrogen and oxygen atoms in total. The maximum absolute atomic E-state index is 13.3. The molecule has 1 aromatic heterocycles. The minimum atomic E-state index is -0.519. The number of benzene rings is 1. The van der Waals surface area contributed by atoms with E-state index >= 15 is 0 Å². The maximum atomic E-state index is 13.3. The lowest BCUT2D eigenvalue weighted by molar-refractivity contribution is 0.0713. The van der Waals surface area contributed by atoms with Crippen LogP contribution in [0, 0.1) is 5.82 Å². The number of carbonyl (C=O) groups is 1. The Balaban J connectivity index is 1.64. The number of hydrogen-bond donors (Lipinski definition) is 2. The van der Waals surface area contributed by atoms with E-state index in [9.17, 15) is 14.3 Å². The van der Waals surface area contributed by atoms with Crippen molar-refractivity contribution < 1.29 is 19.0 Å². The van der Waals surface area contributed by atoms with Crippen molar-refractivity contribution in [3.05, 3.63) is 53.0 Å². The highest BCUT2D eigenvalue weighted by Gasteiger charge is 2.28. The number of anilines is 1. The van der Waals surface area contributed by atoms with Crippen LogP contribution >= 0.6 is 0 Å². The van der Waals surface area contributed by atoms with Crippen molar-refractivity contribution in [3.8, 4) is 5.75 Å². The van der Waals surface area contributed by atoms with E-state index in [1.165, 1.54) is 12.1 Å². The van der Waals surface area contributed by atoms with Crippen molar-refractivity contribution in [1.29, 1.82) is 0 Å². The Morgan fingerprint density at radius 1 is 1.31 bits per heavy atom. The number of likely N-dealkylation sites (N-methyl/N-ethyl adjacent to an activating group) is 1. The van der Waals surface area contributed by atoms with Crippen LogP contribution in [0.25, 0.3) is 0 Å². The van der Waals surface area contributed by atoms with Gasteiger partial charge in [0.15, 0.2) is 11.6 Å². The first-order valence-corrected chi connectivity index (χ1v) is 10.1. The summed E-state index contributed by atoms with van der Waals surface area (Å²) in [4.78, 5) is 19.4. The Labute approximate surface area is 169 Å². The van der Waals surface area contributed by atoms with Crippen molar-refractivity contribution in [2.24, 2.45) is 0 Å². The maximum Gasteiger partial charge on any atom is 0.270 e. The highest BCUT2D eigenvalue weighted by molar-refractivity contribution is 5.93. The fourth-order valence-electron chi connectivity index (χ4n) is 3.97. The van der Waals surface area contributed by atoms with Crippen LogP contribution in [-0.4, -0.2) is 48.3 Å². The molecule has 154 valence electrons. The monoisotopic (exact) mass is 399 g/mol. The topological polar surface area (TPSA) is 74.7 Å². The molecule has 0 radical (unpaired) electrons. The number of hydrogen-bond acceptors (Lipinski definition) is 5. The number of pyridine rings is 1. The molecule has 7 heteroatoms. The normalized spacial score (nSPS) is 21.3. The number of amides is 1. The summed E-state index contributed by atoms with van der Waals surface area (Å²) in [5, 5.41) is 13.1. The number of rotatable bonds is 4. The fourth-order valence-corrected chi connectivity index (χ4v) is 3.97. The average molecular weight is 399 g/mol. The Morgan fingerprint density at radius 2 is 2.07 bits per heavy atom. The van der Waals surface area contributed by atoms with Gasteiger partial charge >= 0.3 is 0 Å². The van der Waals surface area contributed by atoms with Crippen molar-refractivity contribution >= 4 is 11.7 Å². The fraction of sp³-hybridized carbons (Fsp3) is 0.455. The number of nitrogens with one attached hydrogen (secondary N) is 1. The molecule has 1 aliphatic heterocycles. The summed E-state index contributed by atoms with van der Waals surface area (Å²) in [5.74, 6) is 0.716. The second-order valence-corrected chi connectivity index (χ2v) is 7.82. The van der Waals surface area contributed by atoms with Gasteiger partial charge in [0.25, 0.3) is 5.91 Å². The average Bonchev–Trinajstić information content (AvgIpc) is 2.72. The standard InChI is InChI=1S/C22H26FN3O3/c1-26-10-11-29-20-15(12-14-6-8-16(23)9-7-14)13-18(24-21(20)26)22(28)25-17-4-2-3-5-19(17)27/h6-9,13,17,19,27H,2-5,10-12H2,1H3,(H,25,28)/t17-,19-/m0/s1. The Bertz CT molecular complexity index is 888. The molecular weight excluding hydrogens is 373 g/mol. The lowest BCUT2D eigenvalue weighted by Gasteiger charge is -2.30. The van der Waals surface area contributed by atoms with Crippen molar-refractivity contribution in [2.75, 3.05) is 25.1 Å². The first-order chi connectivity index (χ1) is 14.0. The third kappa shape index (κ3) is 4.34. The predicted octanol–water partition coefficient (Wildman–Crippen LogP) is 2.67. The number of aliphatic hydroxyl groups excluding tert-OH is 1. The molecule has 2 N–H and O–H groups in total. The number of nitrogens with zero attached hydrogens (tertiary/aromatic N) is 2. The largest absolute Gasteiger partial charge is 0.488 e. The minimum absolute atomic E-state index is 0.247. The molecular formula is C22H26FN3O3. The van der Waals surface area contributed by atoms with Crippen LogP contribution in [0.5, 0.6) is 5.75 Å². The van der Waals surface area contributed by atoms with E-state index in [0.29, 0.717) is 43.3 Å². The van der Waals surface area contributed by atoms with E-state index in [4.69, 9.17) is 4.74 Å². The molecule has 29 heavy (non-hydrogen) atoms. The van der Waals surface area contributed by atoms with Crippen LogP contribution < -0.4 is 15.0 Å². The van der Waals surface area contributed by atoms with Gasteiger partial charge in [-0.3, -0.25) is 4.79 Å². The molecule has 2 atom stereocenters. The third-order valence-corrected chi connectivity index (χ3v) is 5.65. The quantitative estimate of drug-likeness (QED) is 0.827. The molecule has 1 aromatic carbocycles. The SMILES string of the molecule is CN1CCOc2c(Cc3ccc(F)cc3)cc(C(=O)N[C@H]3CCCC[C@@H]3O)nc21. The summed E-state index contributed by atoms with van der Waals surface area (Å²) in [5.41, 5.74) is 2.06. The van der Waals surface area contributed by atoms with E-state index in [-0.39, 0.29) is 17.8 Å². The summed E-state index contributed by atoms with van der Waals surface area (Å²) < 4.78 is 19.1. The van der Waals surface area contributed by atoms with E-state index in [1.807, 2.05) is 11.9 Å². The van der Waals surface area contributed by atoms with E-state index < -0.39 is 6.10 Å². The van der Waals surface area contributed by atoms with Crippen molar-refractivity contribution in [1.82, 2.24) is 10.3 Å². The van der Waals surface area contributed by atoms with Crippen molar-refractivity contribution in [3.63, 3.8) is 0 Å². The summed E-state index contributed by atoms with van der Waals surface area (Å²) >= 11 is 0. The van der Waals surface area contributed by atoms with Gasteiger partial charge in [0.2, 0.25) is 0 Å². The van der Waals surface area contributed by atoms with Crippen LogP contribution in [0.4, 0.5) is 10.2 Å². The number of halogens is 1. The second kappa shape index (κ2) is 8.37. The van der Waals surface area contributed by atoms with Gasteiger partial charge in [-0.25, -0.2) is 9.37 Å². The molecule has 1 amide bonds. The van der Waals surface area contributed by atoms with Crippen molar-refractivity contribution in [2.45, 2.75) is 44.2 Å². The van der Waals surface area contributed by atoms with Crippen LogP contribution in [-0.2, 0) is 6.42 Å². The number of aliphatic hydroxyl groups is 1. The zero-order chi connectivity index (χ0) is 20.4.